The van der Waals surface area contributed by atoms with Gasteiger partial charge in [-0.1, -0.05) is 51.5 Å². The van der Waals surface area contributed by atoms with Gasteiger partial charge in [-0.25, -0.2) is 0 Å². The molecule has 1 aliphatic carbocycles. The first kappa shape index (κ1) is 16.5. The van der Waals surface area contributed by atoms with Gasteiger partial charge in [-0.15, -0.1) is 0 Å². The van der Waals surface area contributed by atoms with E-state index in [0.717, 1.165) is 31.0 Å². The smallest absolute Gasteiger partial charge is 0.0970 e. The Balaban J connectivity index is 2.26. The van der Waals surface area contributed by atoms with Gasteiger partial charge in [0.1, 0.15) is 0 Å². The molecule has 2 unspecified atom stereocenters. The molecule has 0 saturated heterocycles. The number of rotatable bonds is 7. The Morgan fingerprint density at radius 1 is 1.24 bits per heavy atom. The highest BCUT2D eigenvalue weighted by atomic mass is 16.3. The molecule has 0 aromatic heterocycles. The van der Waals surface area contributed by atoms with Crippen LogP contribution in [0.15, 0.2) is 24.3 Å². The van der Waals surface area contributed by atoms with Crippen LogP contribution in [-0.2, 0) is 0 Å². The van der Waals surface area contributed by atoms with Crippen molar-refractivity contribution in [2.45, 2.75) is 70.9 Å². The lowest BCUT2D eigenvalue weighted by atomic mass is 9.78. The molecule has 0 heterocycles. The van der Waals surface area contributed by atoms with E-state index in [1.54, 1.807) is 0 Å². The molecule has 21 heavy (non-hydrogen) atoms. The first-order valence-corrected chi connectivity index (χ1v) is 8.59. The predicted octanol–water partition coefficient (Wildman–Crippen LogP) is 4.50. The summed E-state index contributed by atoms with van der Waals surface area (Å²) in [6.07, 6.45) is 4.48. The highest BCUT2D eigenvalue weighted by Crippen LogP contribution is 2.39. The molecule has 1 saturated carbocycles. The Hall–Kier alpha value is -0.860. The molecule has 1 aromatic carbocycles. The Labute approximate surface area is 130 Å². The van der Waals surface area contributed by atoms with Gasteiger partial charge in [-0.3, -0.25) is 4.90 Å². The average Bonchev–Trinajstić information content (AvgIpc) is 2.46. The van der Waals surface area contributed by atoms with Gasteiger partial charge in [0.15, 0.2) is 0 Å². The molecule has 0 bridgehead atoms. The van der Waals surface area contributed by atoms with E-state index in [9.17, 15) is 5.11 Å². The molecule has 2 rings (SSSR count). The minimum Gasteiger partial charge on any atom is -0.386 e. The van der Waals surface area contributed by atoms with E-state index in [1.165, 1.54) is 24.8 Å². The highest BCUT2D eigenvalue weighted by molar-refractivity contribution is 5.30. The van der Waals surface area contributed by atoms with Crippen LogP contribution in [0.1, 0.15) is 76.5 Å². The van der Waals surface area contributed by atoms with Gasteiger partial charge in [-0.05, 0) is 56.3 Å². The van der Waals surface area contributed by atoms with Crippen LogP contribution in [0.3, 0.4) is 0 Å². The Kier molecular flexibility index (Phi) is 5.45. The van der Waals surface area contributed by atoms with Crippen molar-refractivity contribution in [3.05, 3.63) is 35.4 Å². The van der Waals surface area contributed by atoms with Crippen LogP contribution in [0.2, 0.25) is 0 Å². The molecule has 0 radical (unpaired) electrons. The summed E-state index contributed by atoms with van der Waals surface area (Å²) in [6.45, 7) is 10.7. The Morgan fingerprint density at radius 3 is 2.38 bits per heavy atom. The number of likely N-dealkylation sites (N-methyl/N-ethyl adjacent to an activating group) is 1. The summed E-state index contributed by atoms with van der Waals surface area (Å²) < 4.78 is 0. The maximum Gasteiger partial charge on any atom is 0.0970 e. The Morgan fingerprint density at radius 2 is 1.90 bits per heavy atom. The largest absolute Gasteiger partial charge is 0.386 e. The van der Waals surface area contributed by atoms with E-state index in [0.29, 0.717) is 0 Å². The van der Waals surface area contributed by atoms with E-state index in [4.69, 9.17) is 0 Å². The van der Waals surface area contributed by atoms with Gasteiger partial charge in [0.2, 0.25) is 0 Å². The van der Waals surface area contributed by atoms with Crippen LogP contribution in [0.25, 0.3) is 0 Å². The van der Waals surface area contributed by atoms with Crippen LogP contribution in [0, 0.1) is 0 Å². The second-order valence-corrected chi connectivity index (χ2v) is 6.58. The monoisotopic (exact) mass is 289 g/mol. The maximum atomic E-state index is 11.0. The van der Waals surface area contributed by atoms with Crippen molar-refractivity contribution in [1.82, 2.24) is 4.90 Å². The summed E-state index contributed by atoms with van der Waals surface area (Å²) in [5, 5.41) is 11.0. The van der Waals surface area contributed by atoms with Crippen molar-refractivity contribution in [1.29, 1.82) is 0 Å². The summed E-state index contributed by atoms with van der Waals surface area (Å²) in [4.78, 5) is 2.38. The topological polar surface area (TPSA) is 23.5 Å². The molecule has 0 aliphatic heterocycles. The van der Waals surface area contributed by atoms with Crippen LogP contribution < -0.4 is 0 Å². The lowest BCUT2D eigenvalue weighted by molar-refractivity contribution is -0.0214. The van der Waals surface area contributed by atoms with Gasteiger partial charge in [0.25, 0.3) is 0 Å². The molecular formula is C19H31NO. The fourth-order valence-corrected chi connectivity index (χ4v) is 3.62. The van der Waals surface area contributed by atoms with Gasteiger partial charge in [0.05, 0.1) is 6.10 Å². The number of hydrogen-bond donors (Lipinski definition) is 1. The first-order chi connectivity index (χ1) is 10.1. The molecule has 1 aliphatic rings. The zero-order valence-corrected chi connectivity index (χ0v) is 14.1. The molecule has 118 valence electrons. The Bertz CT molecular complexity index is 451. The van der Waals surface area contributed by atoms with Crippen molar-refractivity contribution < 1.29 is 5.11 Å². The zero-order valence-electron chi connectivity index (χ0n) is 14.1. The van der Waals surface area contributed by atoms with Crippen LogP contribution in [0.4, 0.5) is 0 Å². The molecule has 1 N–H and O–H groups in total. The molecule has 2 heteroatoms. The maximum absolute atomic E-state index is 11.0. The van der Waals surface area contributed by atoms with Gasteiger partial charge < -0.3 is 5.11 Å². The van der Waals surface area contributed by atoms with Crippen LogP contribution in [0.5, 0.6) is 0 Å². The lowest BCUT2D eigenvalue weighted by Gasteiger charge is -2.43. The van der Waals surface area contributed by atoms with E-state index in [-0.39, 0.29) is 5.54 Å². The summed E-state index contributed by atoms with van der Waals surface area (Å²) in [5.41, 5.74) is 2.30. The molecule has 0 amide bonds. The van der Waals surface area contributed by atoms with Crippen molar-refractivity contribution in [3.8, 4) is 0 Å². The SMILES string of the molecule is CCN(CC)C(C)(CC)C(O)c1cccc(C2CCC2)c1. The third kappa shape index (κ3) is 3.17. The van der Waals surface area contributed by atoms with Crippen molar-refractivity contribution in [3.63, 3.8) is 0 Å². The number of benzene rings is 1. The highest BCUT2D eigenvalue weighted by Gasteiger charge is 2.37. The van der Waals surface area contributed by atoms with Crippen molar-refractivity contribution in [2.75, 3.05) is 13.1 Å². The molecule has 2 atom stereocenters. The van der Waals surface area contributed by atoms with E-state index in [2.05, 4.69) is 56.9 Å². The normalized spacial score (nSPS) is 20.1. The standard InChI is InChI=1S/C19H31NO/c1-5-19(4,20(6-2)7-3)18(21)17-13-9-12-16(14-17)15-10-8-11-15/h9,12-15,18,21H,5-8,10-11H2,1-4H3. The minimum absolute atomic E-state index is 0.193. The van der Waals surface area contributed by atoms with Crippen LogP contribution >= 0.6 is 0 Å². The number of nitrogens with zero attached hydrogens (tertiary/aromatic N) is 1. The molecule has 1 fully saturated rings. The van der Waals surface area contributed by atoms with Gasteiger partial charge in [-0.2, -0.15) is 0 Å². The van der Waals surface area contributed by atoms with E-state index in [1.807, 2.05) is 0 Å². The quantitative estimate of drug-likeness (QED) is 0.799. The summed E-state index contributed by atoms with van der Waals surface area (Å²) in [5.74, 6) is 0.721. The third-order valence-electron chi connectivity index (χ3n) is 5.59. The number of aliphatic hydroxyl groups excluding tert-OH is 1. The molecule has 0 spiro atoms. The number of hydrogen-bond acceptors (Lipinski definition) is 2. The number of aliphatic hydroxyl groups is 1. The van der Waals surface area contributed by atoms with Crippen LogP contribution in [-0.4, -0.2) is 28.6 Å². The fraction of sp³-hybridized carbons (Fsp3) is 0.684. The summed E-state index contributed by atoms with van der Waals surface area (Å²) in [6, 6.07) is 8.67. The second-order valence-electron chi connectivity index (χ2n) is 6.58. The van der Waals surface area contributed by atoms with Crippen molar-refractivity contribution in [2.24, 2.45) is 0 Å². The predicted molar refractivity (Wildman–Crippen MR) is 89.6 cm³/mol. The lowest BCUT2D eigenvalue weighted by Crippen LogP contribution is -2.50. The zero-order chi connectivity index (χ0) is 15.5. The summed E-state index contributed by atoms with van der Waals surface area (Å²) >= 11 is 0. The third-order valence-corrected chi connectivity index (χ3v) is 5.59. The molecule has 1 aromatic rings. The summed E-state index contributed by atoms with van der Waals surface area (Å²) in [7, 11) is 0. The fourth-order valence-electron chi connectivity index (χ4n) is 3.62. The second kappa shape index (κ2) is 6.93. The first-order valence-electron chi connectivity index (χ1n) is 8.59. The average molecular weight is 289 g/mol. The van der Waals surface area contributed by atoms with E-state index >= 15 is 0 Å². The van der Waals surface area contributed by atoms with E-state index < -0.39 is 6.10 Å². The van der Waals surface area contributed by atoms with Gasteiger partial charge in [0, 0.05) is 5.54 Å². The van der Waals surface area contributed by atoms with Gasteiger partial charge >= 0.3 is 0 Å². The minimum atomic E-state index is -0.428. The van der Waals surface area contributed by atoms with Crippen molar-refractivity contribution >= 4 is 0 Å². The molecular weight excluding hydrogens is 258 g/mol. The molecule has 2 nitrogen and oxygen atoms in total.